The number of hydrogen-bond acceptors (Lipinski definition) is 3. The van der Waals surface area contributed by atoms with Crippen LogP contribution in [0.5, 0.6) is 0 Å². The van der Waals surface area contributed by atoms with Crippen molar-refractivity contribution < 1.29 is 4.79 Å². The number of nitrogens with zero attached hydrogens (tertiary/aromatic N) is 2. The molecule has 0 aliphatic heterocycles. The lowest BCUT2D eigenvalue weighted by Crippen LogP contribution is -2.37. The molecule has 0 spiro atoms. The van der Waals surface area contributed by atoms with Crippen LogP contribution in [0.25, 0.3) is 0 Å². The molecule has 1 aromatic rings. The van der Waals surface area contributed by atoms with E-state index in [1.807, 2.05) is 6.92 Å². The number of amides is 1. The van der Waals surface area contributed by atoms with Gasteiger partial charge in [0.25, 0.3) is 5.91 Å². The van der Waals surface area contributed by atoms with Gasteiger partial charge in [0.15, 0.2) is 5.69 Å². The van der Waals surface area contributed by atoms with Gasteiger partial charge in [-0.15, -0.1) is 0 Å². The molecule has 0 aromatic carbocycles. The molecule has 18 heavy (non-hydrogen) atoms. The minimum absolute atomic E-state index is 0.154. The number of nitrogens with one attached hydrogen (secondary N) is 1. The molecule has 0 radical (unpaired) electrons. The number of nitrogens with two attached hydrogens (primary N) is 1. The Balaban J connectivity index is 1.99. The predicted octanol–water partition coefficient (Wildman–Crippen LogP) is 1.79. The van der Waals surface area contributed by atoms with E-state index >= 15 is 0 Å². The third-order valence-corrected chi connectivity index (χ3v) is 3.79. The van der Waals surface area contributed by atoms with Gasteiger partial charge in [-0.25, -0.2) is 0 Å². The van der Waals surface area contributed by atoms with Crippen LogP contribution < -0.4 is 11.1 Å². The first-order valence-corrected chi connectivity index (χ1v) is 6.75. The Morgan fingerprint density at radius 1 is 1.61 bits per heavy atom. The van der Waals surface area contributed by atoms with E-state index < -0.39 is 0 Å². The molecule has 0 bridgehead atoms. The van der Waals surface area contributed by atoms with Gasteiger partial charge in [0.2, 0.25) is 0 Å². The number of anilines is 1. The summed E-state index contributed by atoms with van der Waals surface area (Å²) in [5, 5.41) is 7.21. The van der Waals surface area contributed by atoms with E-state index in [1.54, 1.807) is 10.9 Å². The van der Waals surface area contributed by atoms with Crippen molar-refractivity contribution in [2.75, 3.05) is 5.73 Å². The van der Waals surface area contributed by atoms with E-state index in [4.69, 9.17) is 5.73 Å². The third-order valence-electron chi connectivity index (χ3n) is 3.79. The fraction of sp³-hybridized carbons (Fsp3) is 0.692. The number of nitrogen functional groups attached to an aromatic ring is 1. The van der Waals surface area contributed by atoms with Gasteiger partial charge in [-0.3, -0.25) is 9.48 Å². The second-order valence-electron chi connectivity index (χ2n) is 5.10. The second-order valence-corrected chi connectivity index (χ2v) is 5.10. The van der Waals surface area contributed by atoms with Crippen molar-refractivity contribution in [1.82, 2.24) is 15.1 Å². The highest BCUT2D eigenvalue weighted by Crippen LogP contribution is 2.27. The number of aromatic nitrogens is 2. The van der Waals surface area contributed by atoms with Gasteiger partial charge in [0, 0.05) is 18.8 Å². The van der Waals surface area contributed by atoms with Crippen LogP contribution in [0.3, 0.4) is 0 Å². The fourth-order valence-electron chi connectivity index (χ4n) is 2.63. The maximum atomic E-state index is 12.1. The van der Waals surface area contributed by atoms with E-state index in [0.29, 0.717) is 17.3 Å². The summed E-state index contributed by atoms with van der Waals surface area (Å²) in [5.74, 6) is 0.447. The molecule has 1 atom stereocenters. The van der Waals surface area contributed by atoms with Crippen molar-refractivity contribution in [3.8, 4) is 0 Å². The first-order valence-electron chi connectivity index (χ1n) is 6.75. The van der Waals surface area contributed by atoms with Gasteiger partial charge in [-0.2, -0.15) is 5.10 Å². The maximum Gasteiger partial charge on any atom is 0.274 e. The lowest BCUT2D eigenvalue weighted by molar-refractivity contribution is 0.0922. The van der Waals surface area contributed by atoms with E-state index in [0.717, 1.165) is 6.54 Å². The zero-order valence-electron chi connectivity index (χ0n) is 11.1. The average Bonchev–Trinajstić information content (AvgIpc) is 2.97. The van der Waals surface area contributed by atoms with Gasteiger partial charge < -0.3 is 11.1 Å². The van der Waals surface area contributed by atoms with Crippen LogP contribution in [0.2, 0.25) is 0 Å². The van der Waals surface area contributed by atoms with Crippen molar-refractivity contribution in [2.24, 2.45) is 5.92 Å². The Morgan fingerprint density at radius 2 is 2.28 bits per heavy atom. The monoisotopic (exact) mass is 250 g/mol. The van der Waals surface area contributed by atoms with Crippen LogP contribution in [0.15, 0.2) is 6.20 Å². The standard InChI is InChI=1S/C13H22N4O/c1-3-17-8-11(14)12(16-17)13(18)15-9(2)10-6-4-5-7-10/h8-10H,3-7,14H2,1-2H3,(H,15,18). The van der Waals surface area contributed by atoms with Crippen molar-refractivity contribution in [3.63, 3.8) is 0 Å². The van der Waals surface area contributed by atoms with E-state index in [-0.39, 0.29) is 11.9 Å². The number of aryl methyl sites for hydroxylation is 1. The fourth-order valence-corrected chi connectivity index (χ4v) is 2.63. The number of carbonyl (C=O) groups excluding carboxylic acids is 1. The molecular weight excluding hydrogens is 228 g/mol. The van der Waals surface area contributed by atoms with E-state index in [9.17, 15) is 4.79 Å². The first kappa shape index (κ1) is 12.9. The summed E-state index contributed by atoms with van der Waals surface area (Å²) >= 11 is 0. The summed E-state index contributed by atoms with van der Waals surface area (Å²) in [7, 11) is 0. The Hall–Kier alpha value is -1.52. The molecular formula is C13H22N4O. The van der Waals surface area contributed by atoms with Gasteiger partial charge in [-0.05, 0) is 32.6 Å². The third kappa shape index (κ3) is 2.66. The number of rotatable bonds is 4. The van der Waals surface area contributed by atoms with Crippen molar-refractivity contribution in [1.29, 1.82) is 0 Å². The molecule has 1 fully saturated rings. The topological polar surface area (TPSA) is 72.9 Å². The van der Waals surface area contributed by atoms with Crippen LogP contribution in [0.1, 0.15) is 50.0 Å². The summed E-state index contributed by atoms with van der Waals surface area (Å²) < 4.78 is 1.69. The highest BCUT2D eigenvalue weighted by molar-refractivity contribution is 5.97. The molecule has 1 amide bonds. The van der Waals surface area contributed by atoms with Crippen LogP contribution in [-0.2, 0) is 6.54 Å². The molecule has 5 heteroatoms. The highest BCUT2D eigenvalue weighted by Gasteiger charge is 2.24. The molecule has 1 saturated carbocycles. The van der Waals surface area contributed by atoms with Crippen molar-refractivity contribution in [3.05, 3.63) is 11.9 Å². The highest BCUT2D eigenvalue weighted by atomic mass is 16.2. The summed E-state index contributed by atoms with van der Waals surface area (Å²) in [4.78, 5) is 12.1. The molecule has 0 saturated heterocycles. The largest absolute Gasteiger partial charge is 0.396 e. The predicted molar refractivity (Wildman–Crippen MR) is 71.2 cm³/mol. The maximum absolute atomic E-state index is 12.1. The van der Waals surface area contributed by atoms with Crippen LogP contribution in [0, 0.1) is 5.92 Å². The molecule has 3 N–H and O–H groups in total. The Labute approximate surface area is 108 Å². The minimum Gasteiger partial charge on any atom is -0.396 e. The van der Waals surface area contributed by atoms with E-state index in [1.165, 1.54) is 25.7 Å². The SMILES string of the molecule is CCn1cc(N)c(C(=O)NC(C)C2CCCC2)n1. The van der Waals surface area contributed by atoms with Crippen LogP contribution in [-0.4, -0.2) is 21.7 Å². The lowest BCUT2D eigenvalue weighted by atomic mass is 10.00. The zero-order valence-corrected chi connectivity index (χ0v) is 11.1. The molecule has 5 nitrogen and oxygen atoms in total. The van der Waals surface area contributed by atoms with Gasteiger partial charge in [-0.1, -0.05) is 12.8 Å². The van der Waals surface area contributed by atoms with Gasteiger partial charge in [0.05, 0.1) is 5.69 Å². The number of carbonyl (C=O) groups is 1. The van der Waals surface area contributed by atoms with Crippen molar-refractivity contribution in [2.45, 2.75) is 52.1 Å². The Morgan fingerprint density at radius 3 is 2.83 bits per heavy atom. The smallest absolute Gasteiger partial charge is 0.274 e. The summed E-state index contributed by atoms with van der Waals surface area (Å²) in [6.45, 7) is 4.76. The van der Waals surface area contributed by atoms with E-state index in [2.05, 4.69) is 17.3 Å². The molecule has 1 heterocycles. The summed E-state index contributed by atoms with van der Waals surface area (Å²) in [5.41, 5.74) is 6.60. The molecule has 100 valence electrons. The second kappa shape index (κ2) is 5.42. The quantitative estimate of drug-likeness (QED) is 0.855. The zero-order chi connectivity index (χ0) is 13.1. The summed E-state index contributed by atoms with van der Waals surface area (Å²) in [6.07, 6.45) is 6.67. The van der Waals surface area contributed by atoms with Gasteiger partial charge in [0.1, 0.15) is 0 Å². The molecule has 1 aliphatic rings. The van der Waals surface area contributed by atoms with Crippen LogP contribution in [0.4, 0.5) is 5.69 Å². The Bertz CT molecular complexity index is 421. The minimum atomic E-state index is -0.154. The summed E-state index contributed by atoms with van der Waals surface area (Å²) in [6, 6.07) is 0.200. The van der Waals surface area contributed by atoms with Crippen molar-refractivity contribution >= 4 is 11.6 Å². The molecule has 2 rings (SSSR count). The number of hydrogen-bond donors (Lipinski definition) is 2. The molecule has 1 aromatic heterocycles. The normalized spacial score (nSPS) is 17.9. The van der Waals surface area contributed by atoms with Gasteiger partial charge >= 0.3 is 0 Å². The lowest BCUT2D eigenvalue weighted by Gasteiger charge is -2.19. The average molecular weight is 250 g/mol. The Kier molecular flexibility index (Phi) is 3.89. The van der Waals surface area contributed by atoms with Crippen LogP contribution >= 0.6 is 0 Å². The first-order chi connectivity index (χ1) is 8.61. The molecule has 1 aliphatic carbocycles. The molecule has 1 unspecified atom stereocenters.